The normalized spacial score (nSPS) is 13.2. The van der Waals surface area contributed by atoms with Crippen LogP contribution < -0.4 is 0 Å². The number of hydrogen-bond acceptors (Lipinski definition) is 6. The summed E-state index contributed by atoms with van der Waals surface area (Å²) in [5, 5.41) is 0. The molecule has 0 aliphatic carbocycles. The van der Waals surface area contributed by atoms with Crippen LogP contribution in [0.4, 0.5) is 0 Å². The topological polar surface area (TPSA) is 78.9 Å². The third-order valence-corrected chi connectivity index (χ3v) is 11.8. The zero-order valence-corrected chi connectivity index (χ0v) is 46.8. The summed E-state index contributed by atoms with van der Waals surface area (Å²) >= 11 is 0. The molecule has 0 amide bonds. The lowest BCUT2D eigenvalue weighted by atomic mass is 10.1. The van der Waals surface area contributed by atoms with E-state index in [1.807, 2.05) is 0 Å². The monoisotopic (exact) mass is 1010 g/mol. The van der Waals surface area contributed by atoms with Crippen LogP contribution in [0.1, 0.15) is 239 Å². The van der Waals surface area contributed by atoms with Crippen LogP contribution in [0.5, 0.6) is 0 Å². The van der Waals surface area contributed by atoms with Gasteiger partial charge in [-0.2, -0.15) is 0 Å². The van der Waals surface area contributed by atoms with E-state index >= 15 is 0 Å². The van der Waals surface area contributed by atoms with Gasteiger partial charge in [-0.25, -0.2) is 0 Å². The summed E-state index contributed by atoms with van der Waals surface area (Å²) in [5.74, 6) is -0.987. The zero-order valence-electron chi connectivity index (χ0n) is 46.8. The van der Waals surface area contributed by atoms with E-state index in [9.17, 15) is 14.4 Å². The van der Waals surface area contributed by atoms with E-state index in [2.05, 4.69) is 167 Å². The Morgan fingerprint density at radius 1 is 0.288 bits per heavy atom. The number of ether oxygens (including phenoxy) is 3. The van der Waals surface area contributed by atoms with Gasteiger partial charge < -0.3 is 14.2 Å². The number of carbonyl (C=O) groups excluding carboxylic acids is 3. The van der Waals surface area contributed by atoms with E-state index in [0.717, 1.165) is 128 Å². The zero-order chi connectivity index (χ0) is 52.9. The molecule has 73 heavy (non-hydrogen) atoms. The predicted octanol–water partition coefficient (Wildman–Crippen LogP) is 20.0. The molecule has 0 aromatic rings. The van der Waals surface area contributed by atoms with Gasteiger partial charge in [0.05, 0.1) is 0 Å². The number of esters is 3. The van der Waals surface area contributed by atoms with Crippen molar-refractivity contribution >= 4 is 17.9 Å². The third-order valence-electron chi connectivity index (χ3n) is 11.8. The summed E-state index contributed by atoms with van der Waals surface area (Å²) < 4.78 is 16.7. The maximum atomic E-state index is 12.8. The lowest BCUT2D eigenvalue weighted by molar-refractivity contribution is -0.167. The van der Waals surface area contributed by atoms with Crippen LogP contribution in [0.2, 0.25) is 0 Å². The molecule has 0 saturated carbocycles. The van der Waals surface area contributed by atoms with Crippen molar-refractivity contribution in [3.05, 3.63) is 146 Å². The molecule has 0 saturated heterocycles. The summed E-state index contributed by atoms with van der Waals surface area (Å²) in [6.45, 7) is 6.30. The first kappa shape index (κ1) is 68.3. The van der Waals surface area contributed by atoms with Gasteiger partial charge >= 0.3 is 17.9 Å². The maximum Gasteiger partial charge on any atom is 0.306 e. The number of carbonyl (C=O) groups is 3. The molecule has 0 radical (unpaired) electrons. The van der Waals surface area contributed by atoms with Crippen LogP contribution in [0.3, 0.4) is 0 Å². The van der Waals surface area contributed by atoms with Crippen LogP contribution in [-0.4, -0.2) is 37.2 Å². The summed E-state index contributed by atoms with van der Waals surface area (Å²) in [5.41, 5.74) is 0. The molecular formula is C67H106O6. The molecule has 0 spiro atoms. The first-order chi connectivity index (χ1) is 36.0. The molecule has 0 bridgehead atoms. The minimum Gasteiger partial charge on any atom is -0.462 e. The fraction of sp³-hybridized carbons (Fsp3) is 0.597. The molecule has 1 atom stereocenters. The van der Waals surface area contributed by atoms with Gasteiger partial charge in [0.1, 0.15) is 13.2 Å². The van der Waals surface area contributed by atoms with E-state index in [1.165, 1.54) is 64.2 Å². The summed E-state index contributed by atoms with van der Waals surface area (Å²) in [7, 11) is 0. The van der Waals surface area contributed by atoms with Crippen LogP contribution in [0.15, 0.2) is 146 Å². The second-order valence-electron chi connectivity index (χ2n) is 18.8. The van der Waals surface area contributed by atoms with E-state index < -0.39 is 6.10 Å². The van der Waals surface area contributed by atoms with Crippen molar-refractivity contribution in [2.24, 2.45) is 0 Å². The molecule has 0 rings (SSSR count). The Bertz CT molecular complexity index is 1630. The van der Waals surface area contributed by atoms with Crippen molar-refractivity contribution in [2.45, 2.75) is 245 Å². The van der Waals surface area contributed by atoms with Crippen LogP contribution in [-0.2, 0) is 28.6 Å². The lowest BCUT2D eigenvalue weighted by Gasteiger charge is -2.18. The molecule has 0 heterocycles. The van der Waals surface area contributed by atoms with Gasteiger partial charge in [0, 0.05) is 19.3 Å². The minimum atomic E-state index is -0.815. The molecule has 0 aliphatic rings. The molecule has 6 heteroatoms. The van der Waals surface area contributed by atoms with Crippen LogP contribution >= 0.6 is 0 Å². The number of allylic oxidation sites excluding steroid dienone is 24. The lowest BCUT2D eigenvalue weighted by Crippen LogP contribution is -2.30. The highest BCUT2D eigenvalue weighted by molar-refractivity contribution is 5.71. The van der Waals surface area contributed by atoms with Gasteiger partial charge in [-0.05, 0) is 116 Å². The summed E-state index contributed by atoms with van der Waals surface area (Å²) in [6, 6.07) is 0. The van der Waals surface area contributed by atoms with Gasteiger partial charge in [-0.1, -0.05) is 250 Å². The first-order valence-electron chi connectivity index (χ1n) is 29.3. The Labute approximate surface area is 448 Å². The fourth-order valence-corrected chi connectivity index (χ4v) is 7.52. The van der Waals surface area contributed by atoms with Gasteiger partial charge in [0.15, 0.2) is 6.10 Å². The highest BCUT2D eigenvalue weighted by Gasteiger charge is 2.19. The fourth-order valence-electron chi connectivity index (χ4n) is 7.52. The molecule has 0 aromatic carbocycles. The molecule has 0 aromatic heterocycles. The molecule has 410 valence electrons. The average Bonchev–Trinajstić information content (AvgIpc) is 3.39. The number of unbranched alkanes of at least 4 members (excludes halogenated alkanes) is 16. The number of hydrogen-bond donors (Lipinski definition) is 0. The second-order valence-corrected chi connectivity index (χ2v) is 18.8. The Morgan fingerprint density at radius 2 is 0.548 bits per heavy atom. The molecule has 0 fully saturated rings. The molecule has 0 N–H and O–H groups in total. The van der Waals surface area contributed by atoms with Gasteiger partial charge in [-0.15, -0.1) is 0 Å². The van der Waals surface area contributed by atoms with E-state index in [1.54, 1.807) is 0 Å². The van der Waals surface area contributed by atoms with Crippen molar-refractivity contribution < 1.29 is 28.6 Å². The largest absolute Gasteiger partial charge is 0.462 e. The van der Waals surface area contributed by atoms with Crippen molar-refractivity contribution in [3.8, 4) is 0 Å². The van der Waals surface area contributed by atoms with E-state index in [0.29, 0.717) is 19.3 Å². The van der Waals surface area contributed by atoms with E-state index in [-0.39, 0.29) is 37.5 Å². The van der Waals surface area contributed by atoms with E-state index in [4.69, 9.17) is 14.2 Å². The smallest absolute Gasteiger partial charge is 0.306 e. The number of rotatable bonds is 51. The summed E-state index contributed by atoms with van der Waals surface area (Å²) in [4.78, 5) is 38.0. The van der Waals surface area contributed by atoms with Crippen molar-refractivity contribution in [2.75, 3.05) is 13.2 Å². The molecular weight excluding hydrogens is 901 g/mol. The van der Waals surface area contributed by atoms with Crippen molar-refractivity contribution in [1.29, 1.82) is 0 Å². The van der Waals surface area contributed by atoms with Crippen molar-refractivity contribution in [3.63, 3.8) is 0 Å². The molecule has 6 nitrogen and oxygen atoms in total. The molecule has 1 unspecified atom stereocenters. The van der Waals surface area contributed by atoms with Crippen molar-refractivity contribution in [1.82, 2.24) is 0 Å². The quantitative estimate of drug-likeness (QED) is 0.0261. The summed E-state index contributed by atoms with van der Waals surface area (Å²) in [6.07, 6.45) is 85.8. The Morgan fingerprint density at radius 3 is 0.877 bits per heavy atom. The SMILES string of the molecule is CC/C=C\C/C=C\C/C=C\C/C=C\C/C=C\C/C=C\C/C=C\CCCC(=O)OC(COC(=O)CCCCCCCCC)COC(=O)CCCCCCCCCCC/C=C\C/C=C\C/C=C\C/C=C\C/C=C\CC. The van der Waals surface area contributed by atoms with Crippen LogP contribution in [0.25, 0.3) is 0 Å². The molecule has 0 aliphatic heterocycles. The van der Waals surface area contributed by atoms with Crippen LogP contribution in [0, 0.1) is 0 Å². The average molecular weight is 1010 g/mol. The maximum absolute atomic E-state index is 12.8. The minimum absolute atomic E-state index is 0.108. The Kier molecular flexibility index (Phi) is 56.0. The van der Waals surface area contributed by atoms with Gasteiger partial charge in [0.2, 0.25) is 0 Å². The first-order valence-corrected chi connectivity index (χ1v) is 29.3. The van der Waals surface area contributed by atoms with Gasteiger partial charge in [-0.3, -0.25) is 14.4 Å². The Balaban J connectivity index is 4.33. The highest BCUT2D eigenvalue weighted by Crippen LogP contribution is 2.14. The standard InChI is InChI=1S/C67H106O6/c1-4-7-10-13-16-18-20-22-24-26-28-30-32-33-35-36-38-40-42-44-46-48-51-54-57-60-66(69)72-63-64(62-71-65(68)59-56-53-50-15-12-9-6-3)73-67(70)61-58-55-52-49-47-45-43-41-39-37-34-31-29-27-25-23-21-19-17-14-11-8-5-2/h7-8,10-11,16-19,22-25,28-31,33,35,37,39,43,45,49,52,64H,4-6,9,12-15,20-21,26-27,32,34,36,38,40-42,44,46-48,50-51,53-63H2,1-3H3/b10-7-,11-8-,18-16-,19-17-,24-22-,25-23-,30-28-,31-29-,35-33-,39-37-,45-43-,52-49-. The third kappa shape index (κ3) is 58.1. The second kappa shape index (κ2) is 59.8. The highest BCUT2D eigenvalue weighted by atomic mass is 16.6. The Hall–Kier alpha value is -4.71. The predicted molar refractivity (Wildman–Crippen MR) is 315 cm³/mol. The van der Waals surface area contributed by atoms with Gasteiger partial charge in [0.25, 0.3) is 0 Å².